The number of ketones is 1. The summed E-state index contributed by atoms with van der Waals surface area (Å²) in [6.45, 7) is 1.19. The van der Waals surface area contributed by atoms with Crippen molar-refractivity contribution in [1.29, 1.82) is 0 Å². The molecule has 1 aromatic carbocycles. The van der Waals surface area contributed by atoms with Crippen molar-refractivity contribution in [2.24, 2.45) is 5.73 Å². The van der Waals surface area contributed by atoms with E-state index in [1.54, 1.807) is 7.11 Å². The number of para-hydroxylation sites is 1. The number of fused-ring (bicyclic) bond motifs is 1. The maximum Gasteiger partial charge on any atom is 0.150 e. The van der Waals surface area contributed by atoms with Crippen molar-refractivity contribution in [3.8, 4) is 5.75 Å². The van der Waals surface area contributed by atoms with Crippen LogP contribution in [0.4, 0.5) is 0 Å². The zero-order valence-corrected chi connectivity index (χ0v) is 11.3. The predicted molar refractivity (Wildman–Crippen MR) is 73.4 cm³/mol. The summed E-state index contributed by atoms with van der Waals surface area (Å²) in [5.41, 5.74) is 7.01. The van der Waals surface area contributed by atoms with E-state index in [0.29, 0.717) is 26.1 Å². The first kappa shape index (κ1) is 14.0. The maximum absolute atomic E-state index is 12.1. The molecule has 0 bridgehead atoms. The summed E-state index contributed by atoms with van der Waals surface area (Å²) in [6, 6.07) is 7.50. The summed E-state index contributed by atoms with van der Waals surface area (Å²) in [5, 5.41) is 0. The molecule has 2 atom stereocenters. The average molecular weight is 263 g/mol. The van der Waals surface area contributed by atoms with Crippen LogP contribution in [0.15, 0.2) is 24.3 Å². The number of benzene rings is 1. The molecule has 0 aromatic heterocycles. The van der Waals surface area contributed by atoms with Crippen LogP contribution in [-0.4, -0.2) is 32.1 Å². The number of hydrogen-bond acceptors (Lipinski definition) is 4. The fourth-order valence-corrected chi connectivity index (χ4v) is 2.43. The third-order valence-electron chi connectivity index (χ3n) is 3.58. The van der Waals surface area contributed by atoms with Crippen molar-refractivity contribution in [3.05, 3.63) is 29.8 Å². The van der Waals surface area contributed by atoms with Gasteiger partial charge in [-0.2, -0.15) is 0 Å². The van der Waals surface area contributed by atoms with Gasteiger partial charge in [-0.15, -0.1) is 0 Å². The highest BCUT2D eigenvalue weighted by molar-refractivity contribution is 5.84. The van der Waals surface area contributed by atoms with E-state index in [2.05, 4.69) is 0 Å². The van der Waals surface area contributed by atoms with Gasteiger partial charge in [-0.3, -0.25) is 4.79 Å². The molecule has 1 aromatic rings. The van der Waals surface area contributed by atoms with Crippen LogP contribution in [0.3, 0.4) is 0 Å². The van der Waals surface area contributed by atoms with Crippen LogP contribution in [-0.2, 0) is 9.53 Å². The molecule has 1 aliphatic rings. The summed E-state index contributed by atoms with van der Waals surface area (Å²) < 4.78 is 10.6. The van der Waals surface area contributed by atoms with Crippen LogP contribution in [0.5, 0.6) is 5.75 Å². The minimum absolute atomic E-state index is 0.110. The molecule has 0 spiro atoms. The Kier molecular flexibility index (Phi) is 4.93. The van der Waals surface area contributed by atoms with Gasteiger partial charge < -0.3 is 15.2 Å². The molecule has 0 aliphatic carbocycles. The van der Waals surface area contributed by atoms with Gasteiger partial charge in [0.2, 0.25) is 0 Å². The number of methoxy groups -OCH3 is 1. The van der Waals surface area contributed by atoms with Crippen LogP contribution in [0, 0.1) is 0 Å². The molecule has 0 saturated heterocycles. The van der Waals surface area contributed by atoms with Gasteiger partial charge in [0.05, 0.1) is 12.6 Å². The summed E-state index contributed by atoms with van der Waals surface area (Å²) >= 11 is 0. The third kappa shape index (κ3) is 3.55. The third-order valence-corrected chi connectivity index (χ3v) is 3.58. The maximum atomic E-state index is 12.1. The monoisotopic (exact) mass is 263 g/mol. The number of carbonyl (C=O) groups is 1. The van der Waals surface area contributed by atoms with Crippen molar-refractivity contribution >= 4 is 5.78 Å². The van der Waals surface area contributed by atoms with Crippen LogP contribution < -0.4 is 10.5 Å². The van der Waals surface area contributed by atoms with Gasteiger partial charge in [-0.05, 0) is 30.4 Å². The molecule has 1 aliphatic heterocycles. The molecule has 2 N–H and O–H groups in total. The molecule has 4 nitrogen and oxygen atoms in total. The van der Waals surface area contributed by atoms with Crippen molar-refractivity contribution in [2.75, 3.05) is 20.3 Å². The van der Waals surface area contributed by atoms with Gasteiger partial charge in [0.15, 0.2) is 0 Å². The molecule has 0 fully saturated rings. The fraction of sp³-hybridized carbons (Fsp3) is 0.533. The molecule has 0 saturated carbocycles. The van der Waals surface area contributed by atoms with Crippen molar-refractivity contribution in [1.82, 2.24) is 0 Å². The van der Waals surface area contributed by atoms with Crippen LogP contribution in [0.25, 0.3) is 0 Å². The Morgan fingerprint density at radius 1 is 1.53 bits per heavy atom. The second-order valence-electron chi connectivity index (χ2n) is 4.93. The van der Waals surface area contributed by atoms with E-state index in [1.165, 1.54) is 0 Å². The highest BCUT2D eigenvalue weighted by atomic mass is 16.5. The molecule has 2 rings (SSSR count). The zero-order chi connectivity index (χ0) is 13.7. The number of rotatable bonds is 6. The molecule has 2 unspecified atom stereocenters. The Hall–Kier alpha value is -1.39. The number of ether oxygens (including phenoxy) is 2. The molecule has 0 radical (unpaired) electrons. The van der Waals surface area contributed by atoms with Gasteiger partial charge in [-0.25, -0.2) is 0 Å². The molecule has 104 valence electrons. The van der Waals surface area contributed by atoms with E-state index in [1.807, 2.05) is 24.3 Å². The lowest BCUT2D eigenvalue weighted by atomic mass is 9.87. The van der Waals surface area contributed by atoms with Crippen LogP contribution in [0.1, 0.15) is 30.7 Å². The van der Waals surface area contributed by atoms with Crippen LogP contribution >= 0.6 is 0 Å². The molecule has 19 heavy (non-hydrogen) atoms. The first-order chi connectivity index (χ1) is 9.22. The molecule has 1 heterocycles. The highest BCUT2D eigenvalue weighted by Gasteiger charge is 2.25. The van der Waals surface area contributed by atoms with Gasteiger partial charge in [0, 0.05) is 20.1 Å². The number of hydrogen-bond donors (Lipinski definition) is 1. The molecule has 0 amide bonds. The Bertz CT molecular complexity index is 433. The Morgan fingerprint density at radius 2 is 2.32 bits per heavy atom. The Balaban J connectivity index is 1.98. The normalized spacial score (nSPS) is 19.4. The number of nitrogens with two attached hydrogens (primary N) is 1. The largest absolute Gasteiger partial charge is 0.493 e. The zero-order valence-electron chi connectivity index (χ0n) is 11.3. The fourth-order valence-electron chi connectivity index (χ4n) is 2.43. The standard InChI is InChI=1S/C15H21NO3/c1-18-8-7-13(16)14(17)10-11-6-9-19-15-5-3-2-4-12(11)15/h2-5,11,13H,6-10,16H2,1H3. The second-order valence-corrected chi connectivity index (χ2v) is 4.93. The van der Waals surface area contributed by atoms with Gasteiger partial charge >= 0.3 is 0 Å². The smallest absolute Gasteiger partial charge is 0.150 e. The molecule has 4 heteroatoms. The Morgan fingerprint density at radius 3 is 3.11 bits per heavy atom. The lowest BCUT2D eigenvalue weighted by molar-refractivity contribution is -0.121. The minimum Gasteiger partial charge on any atom is -0.493 e. The highest BCUT2D eigenvalue weighted by Crippen LogP contribution is 2.35. The molecular formula is C15H21NO3. The van der Waals surface area contributed by atoms with Crippen LogP contribution in [0.2, 0.25) is 0 Å². The lowest BCUT2D eigenvalue weighted by Crippen LogP contribution is -2.33. The van der Waals surface area contributed by atoms with E-state index in [9.17, 15) is 4.79 Å². The summed E-state index contributed by atoms with van der Waals surface area (Å²) in [7, 11) is 1.62. The second kappa shape index (κ2) is 6.68. The van der Waals surface area contributed by atoms with E-state index in [4.69, 9.17) is 15.2 Å². The first-order valence-corrected chi connectivity index (χ1v) is 6.71. The lowest BCUT2D eigenvalue weighted by Gasteiger charge is -2.26. The SMILES string of the molecule is COCCC(N)C(=O)CC1CCOc2ccccc21. The minimum atomic E-state index is -0.421. The van der Waals surface area contributed by atoms with E-state index in [0.717, 1.165) is 17.7 Å². The van der Waals surface area contributed by atoms with E-state index in [-0.39, 0.29) is 11.7 Å². The summed E-state index contributed by atoms with van der Waals surface area (Å²) in [5.74, 6) is 1.24. The summed E-state index contributed by atoms with van der Waals surface area (Å²) in [6.07, 6.45) is 1.95. The first-order valence-electron chi connectivity index (χ1n) is 6.71. The van der Waals surface area contributed by atoms with Gasteiger partial charge in [-0.1, -0.05) is 18.2 Å². The van der Waals surface area contributed by atoms with Crippen molar-refractivity contribution in [2.45, 2.75) is 31.2 Å². The predicted octanol–water partition coefficient (Wildman–Crippen LogP) is 1.88. The van der Waals surface area contributed by atoms with Gasteiger partial charge in [0.25, 0.3) is 0 Å². The Labute approximate surface area is 113 Å². The molecular weight excluding hydrogens is 242 g/mol. The topological polar surface area (TPSA) is 61.5 Å². The van der Waals surface area contributed by atoms with Crippen molar-refractivity contribution in [3.63, 3.8) is 0 Å². The summed E-state index contributed by atoms with van der Waals surface area (Å²) in [4.78, 5) is 12.1. The average Bonchev–Trinajstić information content (AvgIpc) is 2.45. The van der Waals surface area contributed by atoms with E-state index >= 15 is 0 Å². The number of carbonyl (C=O) groups excluding carboxylic acids is 1. The van der Waals surface area contributed by atoms with Gasteiger partial charge in [0.1, 0.15) is 11.5 Å². The quantitative estimate of drug-likeness (QED) is 0.851. The van der Waals surface area contributed by atoms with E-state index < -0.39 is 6.04 Å². The number of Topliss-reactive ketones (excluding diaryl/α,β-unsaturated/α-hetero) is 1. The van der Waals surface area contributed by atoms with Crippen molar-refractivity contribution < 1.29 is 14.3 Å².